The van der Waals surface area contributed by atoms with Crippen molar-refractivity contribution >= 4 is 16.3 Å². The van der Waals surface area contributed by atoms with Gasteiger partial charge in [-0.2, -0.15) is 0 Å². The average Bonchev–Trinajstić information content (AvgIpc) is 3.55. The predicted octanol–water partition coefficient (Wildman–Crippen LogP) is 10.1. The van der Waals surface area contributed by atoms with E-state index in [0.29, 0.717) is 11.6 Å². The van der Waals surface area contributed by atoms with Crippen LogP contribution >= 0.6 is 0 Å². The normalized spacial score (nSPS) is 19.2. The second-order valence-electron chi connectivity index (χ2n) is 12.3. The highest BCUT2D eigenvalue weighted by atomic mass is 16.5. The molecule has 0 fully saturated rings. The molecule has 224 valence electrons. The van der Waals surface area contributed by atoms with Crippen LogP contribution in [0.15, 0.2) is 158 Å². The Hall–Kier alpha value is -5.87. The molecule has 0 radical (unpaired) electrons. The number of allylic oxidation sites excluding steroid dienone is 6. The van der Waals surface area contributed by atoms with Gasteiger partial charge in [-0.1, -0.05) is 140 Å². The Morgan fingerprint density at radius 3 is 2.21 bits per heavy atom. The molecule has 0 saturated carbocycles. The number of nitrogens with zero attached hydrogens (tertiary/aromatic N) is 3. The molecule has 0 N–H and O–H groups in total. The second-order valence-corrected chi connectivity index (χ2v) is 12.3. The van der Waals surface area contributed by atoms with E-state index in [1.807, 2.05) is 18.2 Å². The van der Waals surface area contributed by atoms with E-state index >= 15 is 0 Å². The van der Waals surface area contributed by atoms with E-state index < -0.39 is 0 Å². The van der Waals surface area contributed by atoms with E-state index in [0.717, 1.165) is 34.7 Å². The van der Waals surface area contributed by atoms with Crippen molar-refractivity contribution in [1.29, 1.82) is 0 Å². The maximum Gasteiger partial charge on any atom is 0.163 e. The van der Waals surface area contributed by atoms with Crippen LogP contribution in [0, 0.1) is 0 Å². The Kier molecular flexibility index (Phi) is 6.71. The topological polar surface area (TPSA) is 47.9 Å². The van der Waals surface area contributed by atoms with Crippen LogP contribution in [0.4, 0.5) is 0 Å². The fourth-order valence-corrected chi connectivity index (χ4v) is 7.05. The van der Waals surface area contributed by atoms with Gasteiger partial charge < -0.3 is 4.74 Å². The first-order valence-corrected chi connectivity index (χ1v) is 16.2. The Morgan fingerprint density at radius 1 is 0.574 bits per heavy atom. The zero-order chi connectivity index (χ0) is 31.2. The van der Waals surface area contributed by atoms with Gasteiger partial charge in [0.15, 0.2) is 11.6 Å². The van der Waals surface area contributed by atoms with Gasteiger partial charge in [0.05, 0.1) is 5.92 Å². The summed E-state index contributed by atoms with van der Waals surface area (Å²) in [6, 6.07) is 40.6. The maximum atomic E-state index is 6.60. The lowest BCUT2D eigenvalue weighted by Crippen LogP contribution is -2.21. The molecular weight excluding hydrogens is 574 g/mol. The first kappa shape index (κ1) is 27.4. The van der Waals surface area contributed by atoms with Gasteiger partial charge in [-0.3, -0.25) is 0 Å². The van der Waals surface area contributed by atoms with Crippen molar-refractivity contribution in [2.75, 3.05) is 0 Å². The summed E-state index contributed by atoms with van der Waals surface area (Å²) in [5.74, 6) is 3.14. The highest BCUT2D eigenvalue weighted by Crippen LogP contribution is 2.51. The number of benzene rings is 5. The van der Waals surface area contributed by atoms with Gasteiger partial charge in [-0.25, -0.2) is 15.0 Å². The third kappa shape index (κ3) is 4.99. The van der Waals surface area contributed by atoms with Gasteiger partial charge >= 0.3 is 0 Å². The minimum atomic E-state index is -0.138. The van der Waals surface area contributed by atoms with Crippen LogP contribution in [0.5, 0.6) is 5.75 Å². The summed E-state index contributed by atoms with van der Waals surface area (Å²) >= 11 is 0. The van der Waals surface area contributed by atoms with Crippen LogP contribution in [0.2, 0.25) is 0 Å². The summed E-state index contributed by atoms with van der Waals surface area (Å²) in [5.41, 5.74) is 7.93. The van der Waals surface area contributed by atoms with Gasteiger partial charge in [0.2, 0.25) is 0 Å². The second kappa shape index (κ2) is 11.5. The van der Waals surface area contributed by atoms with Crippen molar-refractivity contribution in [3.8, 4) is 39.4 Å². The van der Waals surface area contributed by atoms with E-state index in [1.165, 1.54) is 33.0 Å². The largest absolute Gasteiger partial charge is 0.485 e. The summed E-state index contributed by atoms with van der Waals surface area (Å²) < 4.78 is 6.60. The van der Waals surface area contributed by atoms with Crippen molar-refractivity contribution in [3.05, 3.63) is 175 Å². The molecule has 2 heterocycles. The van der Waals surface area contributed by atoms with Crippen molar-refractivity contribution in [2.45, 2.75) is 24.4 Å². The van der Waals surface area contributed by atoms with E-state index in [2.05, 4.69) is 140 Å². The van der Waals surface area contributed by atoms with Crippen molar-refractivity contribution in [2.24, 2.45) is 0 Å². The highest BCUT2D eigenvalue weighted by molar-refractivity contribution is 5.88. The Morgan fingerprint density at radius 2 is 1.36 bits per heavy atom. The van der Waals surface area contributed by atoms with Crippen LogP contribution in [-0.2, 0) is 0 Å². The van der Waals surface area contributed by atoms with Gasteiger partial charge in [-0.05, 0) is 57.7 Å². The first-order valence-electron chi connectivity index (χ1n) is 16.2. The van der Waals surface area contributed by atoms with Crippen LogP contribution < -0.4 is 4.74 Å². The number of hydrogen-bond donors (Lipinski definition) is 0. The molecule has 4 heteroatoms. The molecule has 2 aliphatic carbocycles. The number of aromatic nitrogens is 3. The van der Waals surface area contributed by atoms with Crippen molar-refractivity contribution < 1.29 is 4.74 Å². The van der Waals surface area contributed by atoms with Crippen molar-refractivity contribution in [3.63, 3.8) is 0 Å². The van der Waals surface area contributed by atoms with E-state index in [-0.39, 0.29) is 17.9 Å². The third-order valence-electron chi connectivity index (χ3n) is 9.41. The lowest BCUT2D eigenvalue weighted by atomic mass is 9.80. The summed E-state index contributed by atoms with van der Waals surface area (Å²) in [6.07, 6.45) is 15.6. The zero-order valence-electron chi connectivity index (χ0n) is 25.7. The molecule has 3 unspecified atom stereocenters. The van der Waals surface area contributed by atoms with Gasteiger partial charge in [-0.15, -0.1) is 0 Å². The molecule has 0 amide bonds. The number of rotatable bonds is 5. The molecule has 47 heavy (non-hydrogen) atoms. The van der Waals surface area contributed by atoms with Gasteiger partial charge in [0.1, 0.15) is 17.7 Å². The minimum absolute atomic E-state index is 0.0490. The molecule has 1 aliphatic heterocycles. The predicted molar refractivity (Wildman–Crippen MR) is 190 cm³/mol. The molecule has 5 aromatic carbocycles. The Labute approximate surface area is 274 Å². The fourth-order valence-electron chi connectivity index (χ4n) is 7.05. The SMILES string of the molecule is C1=CCC(c2nc(C3=CC=CC4Oc5cccc(-c6ccc(-c7ccc8ccccc8c7)cc6)c5C34)nc(-c3ccccc3)n2)C=C1. The fraction of sp³-hybridized carbons (Fsp3) is 0.0930. The summed E-state index contributed by atoms with van der Waals surface area (Å²) in [4.78, 5) is 15.2. The Bertz CT molecular complexity index is 2260. The molecule has 6 aromatic rings. The molecule has 4 nitrogen and oxygen atoms in total. The molecule has 1 aromatic heterocycles. The van der Waals surface area contributed by atoms with E-state index in [9.17, 15) is 0 Å². The van der Waals surface area contributed by atoms with Gasteiger partial charge in [0, 0.05) is 22.6 Å². The first-order chi connectivity index (χ1) is 23.3. The molecule has 0 saturated heterocycles. The Balaban J connectivity index is 1.12. The molecule has 3 aliphatic rings. The smallest absolute Gasteiger partial charge is 0.163 e. The summed E-state index contributed by atoms with van der Waals surface area (Å²) in [6.45, 7) is 0. The van der Waals surface area contributed by atoms with Crippen molar-refractivity contribution in [1.82, 2.24) is 15.0 Å². The van der Waals surface area contributed by atoms with Crippen LogP contribution in [0.3, 0.4) is 0 Å². The number of ether oxygens (including phenoxy) is 1. The van der Waals surface area contributed by atoms with E-state index in [1.54, 1.807) is 0 Å². The van der Waals surface area contributed by atoms with Gasteiger partial charge in [0.25, 0.3) is 0 Å². The molecule has 9 rings (SSSR count). The van der Waals surface area contributed by atoms with Crippen LogP contribution in [0.1, 0.15) is 35.5 Å². The lowest BCUT2D eigenvalue weighted by molar-refractivity contribution is 0.271. The molecule has 0 spiro atoms. The quantitative estimate of drug-likeness (QED) is 0.196. The molecule has 0 bridgehead atoms. The average molecular weight is 606 g/mol. The standard InChI is InChI=1S/C43H31N3O/c1-3-12-31(13-4-1)41-44-42(32-14-5-2-6-15-32)46-43(45-41)36-18-10-20-38-40(36)39-35(17-9-19-37(39)47-38)30-24-21-29(22-25-30)34-26-23-28-11-7-8-16-33(28)27-34/h1-14,16-27,32,38,40H,15H2. The minimum Gasteiger partial charge on any atom is -0.485 e. The van der Waals surface area contributed by atoms with Crippen LogP contribution in [-0.4, -0.2) is 21.1 Å². The summed E-state index contributed by atoms with van der Waals surface area (Å²) in [5, 5.41) is 2.50. The zero-order valence-corrected chi connectivity index (χ0v) is 25.7. The van der Waals surface area contributed by atoms with E-state index in [4.69, 9.17) is 19.7 Å². The molecule has 3 atom stereocenters. The molecular formula is C43H31N3O. The number of fused-ring (bicyclic) bond motifs is 4. The summed E-state index contributed by atoms with van der Waals surface area (Å²) in [7, 11) is 0. The maximum absolute atomic E-state index is 6.60. The highest BCUT2D eigenvalue weighted by Gasteiger charge is 2.40. The lowest BCUT2D eigenvalue weighted by Gasteiger charge is -2.24. The monoisotopic (exact) mass is 605 g/mol. The third-order valence-corrected chi connectivity index (χ3v) is 9.41. The van der Waals surface area contributed by atoms with Crippen LogP contribution in [0.25, 0.3) is 50.0 Å². The number of hydrogen-bond acceptors (Lipinski definition) is 4.